The minimum absolute atomic E-state index is 0.217. The number of nitrogens with one attached hydrogen (secondary N) is 1. The van der Waals surface area contributed by atoms with Gasteiger partial charge in [0.2, 0.25) is 0 Å². The average molecular weight is 358 g/mol. The Hall–Kier alpha value is -2.32. The molecule has 132 valence electrons. The van der Waals surface area contributed by atoms with E-state index in [9.17, 15) is 0 Å². The Morgan fingerprint density at radius 3 is 2.27 bits per heavy atom. The minimum Gasteiger partial charge on any atom is -0.380 e. The van der Waals surface area contributed by atoms with Gasteiger partial charge in [-0.15, -0.1) is 0 Å². The SMILES string of the molecule is Cc1cc(C)cc(C2NC=Cc3c2ccc2cc([Si](C)(C)C)ccc32)c1. The molecule has 1 N–H and O–H groups in total. The van der Waals surface area contributed by atoms with E-state index in [0.717, 1.165) is 0 Å². The van der Waals surface area contributed by atoms with E-state index in [-0.39, 0.29) is 6.04 Å². The van der Waals surface area contributed by atoms with Crippen molar-refractivity contribution in [1.29, 1.82) is 0 Å². The number of benzene rings is 3. The zero-order valence-electron chi connectivity index (χ0n) is 16.4. The number of rotatable bonds is 2. The van der Waals surface area contributed by atoms with Gasteiger partial charge in [0.05, 0.1) is 14.1 Å². The lowest BCUT2D eigenvalue weighted by atomic mass is 9.88. The highest BCUT2D eigenvalue weighted by molar-refractivity contribution is 6.88. The largest absolute Gasteiger partial charge is 0.380 e. The molecule has 0 fully saturated rings. The van der Waals surface area contributed by atoms with E-state index in [1.165, 1.54) is 43.8 Å². The standard InChI is InChI=1S/C24H27NSi/c1-16-12-17(2)14-19(13-16)24-23-8-6-18-15-20(26(3,4)5)7-9-21(18)22(23)10-11-25-24/h6-15,24-25H,1-5H3. The Balaban J connectivity index is 1.87. The summed E-state index contributed by atoms with van der Waals surface area (Å²) in [6.07, 6.45) is 4.33. The molecule has 0 aliphatic carbocycles. The van der Waals surface area contributed by atoms with Crippen LogP contribution in [0, 0.1) is 13.8 Å². The lowest BCUT2D eigenvalue weighted by molar-refractivity contribution is 0.721. The van der Waals surface area contributed by atoms with Crippen molar-refractivity contribution in [3.05, 3.63) is 82.5 Å². The summed E-state index contributed by atoms with van der Waals surface area (Å²) in [7, 11) is -1.30. The first-order valence-electron chi connectivity index (χ1n) is 9.41. The topological polar surface area (TPSA) is 12.0 Å². The number of fused-ring (bicyclic) bond motifs is 3. The van der Waals surface area contributed by atoms with E-state index in [1.54, 1.807) is 0 Å². The van der Waals surface area contributed by atoms with Crippen molar-refractivity contribution in [2.75, 3.05) is 0 Å². The van der Waals surface area contributed by atoms with Crippen molar-refractivity contribution in [2.24, 2.45) is 0 Å². The maximum absolute atomic E-state index is 3.57. The molecule has 1 unspecified atom stereocenters. The molecule has 1 atom stereocenters. The number of hydrogen-bond donors (Lipinski definition) is 1. The molecule has 1 nitrogen and oxygen atoms in total. The average Bonchev–Trinajstić information content (AvgIpc) is 2.59. The van der Waals surface area contributed by atoms with Crippen LogP contribution in [0.2, 0.25) is 19.6 Å². The highest BCUT2D eigenvalue weighted by Crippen LogP contribution is 2.34. The third-order valence-corrected chi connectivity index (χ3v) is 7.41. The summed E-state index contributed by atoms with van der Waals surface area (Å²) in [6, 6.07) is 18.7. The molecule has 3 aromatic carbocycles. The second-order valence-corrected chi connectivity index (χ2v) is 13.7. The van der Waals surface area contributed by atoms with Crippen LogP contribution in [-0.4, -0.2) is 8.07 Å². The zero-order valence-corrected chi connectivity index (χ0v) is 17.4. The lowest BCUT2D eigenvalue weighted by Crippen LogP contribution is -2.37. The van der Waals surface area contributed by atoms with E-state index in [4.69, 9.17) is 0 Å². The third kappa shape index (κ3) is 2.99. The fourth-order valence-electron chi connectivity index (χ4n) is 4.04. The molecule has 0 spiro atoms. The van der Waals surface area contributed by atoms with Crippen molar-refractivity contribution in [3.63, 3.8) is 0 Å². The van der Waals surface area contributed by atoms with Crippen molar-refractivity contribution in [2.45, 2.75) is 39.5 Å². The van der Waals surface area contributed by atoms with Crippen LogP contribution in [0.3, 0.4) is 0 Å². The van der Waals surface area contributed by atoms with Crippen LogP contribution in [0.5, 0.6) is 0 Å². The molecule has 0 bridgehead atoms. The molecule has 1 aliphatic heterocycles. The van der Waals surface area contributed by atoms with E-state index < -0.39 is 8.07 Å². The molecule has 26 heavy (non-hydrogen) atoms. The van der Waals surface area contributed by atoms with Gasteiger partial charge in [-0.1, -0.05) is 84.5 Å². The highest BCUT2D eigenvalue weighted by Gasteiger charge is 2.22. The quantitative estimate of drug-likeness (QED) is 0.583. The summed E-state index contributed by atoms with van der Waals surface area (Å²) in [5.74, 6) is 0. The number of hydrogen-bond acceptors (Lipinski definition) is 1. The van der Waals surface area contributed by atoms with Crippen LogP contribution >= 0.6 is 0 Å². The molecule has 0 saturated carbocycles. The second-order valence-electron chi connectivity index (χ2n) is 8.61. The minimum atomic E-state index is -1.30. The fraction of sp³-hybridized carbons (Fsp3) is 0.250. The molecule has 0 radical (unpaired) electrons. The monoisotopic (exact) mass is 357 g/mol. The molecule has 3 aromatic rings. The zero-order chi connectivity index (χ0) is 18.5. The summed E-state index contributed by atoms with van der Waals surface area (Å²) in [6.45, 7) is 11.6. The van der Waals surface area contributed by atoms with E-state index >= 15 is 0 Å². The van der Waals surface area contributed by atoms with Crippen LogP contribution in [0.25, 0.3) is 16.8 Å². The second kappa shape index (κ2) is 6.13. The van der Waals surface area contributed by atoms with E-state index in [2.05, 4.69) is 99.6 Å². The Morgan fingerprint density at radius 1 is 0.846 bits per heavy atom. The molecule has 0 amide bonds. The summed E-state index contributed by atoms with van der Waals surface area (Å²) < 4.78 is 0. The molecule has 2 heteroatoms. The molecule has 4 rings (SSSR count). The van der Waals surface area contributed by atoms with Gasteiger partial charge < -0.3 is 5.32 Å². The Morgan fingerprint density at radius 2 is 1.58 bits per heavy atom. The number of aryl methyl sites for hydroxylation is 2. The molecule has 1 aliphatic rings. The fourth-order valence-corrected chi connectivity index (χ4v) is 5.22. The first-order valence-corrected chi connectivity index (χ1v) is 12.9. The maximum atomic E-state index is 3.57. The van der Waals surface area contributed by atoms with Gasteiger partial charge in [0, 0.05) is 0 Å². The first-order chi connectivity index (χ1) is 12.3. The molecular weight excluding hydrogens is 330 g/mol. The highest BCUT2D eigenvalue weighted by atomic mass is 28.3. The Kier molecular flexibility index (Phi) is 4.04. The van der Waals surface area contributed by atoms with Gasteiger partial charge in [-0.25, -0.2) is 0 Å². The van der Waals surface area contributed by atoms with Crippen LogP contribution in [0.15, 0.2) is 54.7 Å². The maximum Gasteiger partial charge on any atom is 0.0776 e. The van der Waals surface area contributed by atoms with Crippen molar-refractivity contribution < 1.29 is 0 Å². The van der Waals surface area contributed by atoms with Gasteiger partial charge in [-0.2, -0.15) is 0 Å². The van der Waals surface area contributed by atoms with Crippen LogP contribution in [-0.2, 0) is 0 Å². The van der Waals surface area contributed by atoms with Gasteiger partial charge in [-0.3, -0.25) is 0 Å². The summed E-state index contributed by atoms with van der Waals surface area (Å²) in [5, 5.41) is 7.81. The smallest absolute Gasteiger partial charge is 0.0776 e. The normalized spacial score (nSPS) is 16.4. The first kappa shape index (κ1) is 17.1. The van der Waals surface area contributed by atoms with E-state index in [0.29, 0.717) is 0 Å². The van der Waals surface area contributed by atoms with Gasteiger partial charge in [0.15, 0.2) is 0 Å². The summed E-state index contributed by atoms with van der Waals surface area (Å²) in [4.78, 5) is 0. The van der Waals surface area contributed by atoms with Crippen LogP contribution < -0.4 is 10.5 Å². The molecule has 1 heterocycles. The van der Waals surface area contributed by atoms with Gasteiger partial charge in [0.1, 0.15) is 0 Å². The van der Waals surface area contributed by atoms with Gasteiger partial charge in [0.25, 0.3) is 0 Å². The Bertz CT molecular complexity index is 1000. The molecular formula is C24H27NSi. The molecule has 0 aromatic heterocycles. The third-order valence-electron chi connectivity index (χ3n) is 5.36. The van der Waals surface area contributed by atoms with Gasteiger partial charge >= 0.3 is 0 Å². The predicted octanol–water partition coefficient (Wildman–Crippen LogP) is 5.67. The summed E-state index contributed by atoms with van der Waals surface area (Å²) in [5.41, 5.74) is 6.70. The van der Waals surface area contributed by atoms with E-state index in [1.807, 2.05) is 0 Å². The molecule has 0 saturated heterocycles. The van der Waals surface area contributed by atoms with Crippen LogP contribution in [0.4, 0.5) is 0 Å². The lowest BCUT2D eigenvalue weighted by Gasteiger charge is -2.26. The summed E-state index contributed by atoms with van der Waals surface area (Å²) >= 11 is 0. The van der Waals surface area contributed by atoms with Crippen molar-refractivity contribution in [3.8, 4) is 0 Å². The predicted molar refractivity (Wildman–Crippen MR) is 117 cm³/mol. The van der Waals surface area contributed by atoms with Crippen molar-refractivity contribution >= 4 is 30.1 Å². The Labute approximate surface area is 157 Å². The van der Waals surface area contributed by atoms with Gasteiger partial charge in [-0.05, 0) is 53.6 Å². The van der Waals surface area contributed by atoms with Crippen LogP contribution in [0.1, 0.15) is 33.9 Å². The van der Waals surface area contributed by atoms with Crippen molar-refractivity contribution in [1.82, 2.24) is 5.32 Å².